The van der Waals surface area contributed by atoms with Gasteiger partial charge in [-0.1, -0.05) is 89.7 Å². The lowest BCUT2D eigenvalue weighted by molar-refractivity contribution is -0.111. The average molecular weight is 343 g/mol. The lowest BCUT2D eigenvalue weighted by Crippen LogP contribution is -1.86. The summed E-state index contributed by atoms with van der Waals surface area (Å²) < 4.78 is 0. The molecule has 0 aliphatic rings. The molecule has 0 aromatic carbocycles. The van der Waals surface area contributed by atoms with Crippen LogP contribution in [0.25, 0.3) is 0 Å². The molecule has 23 heavy (non-hydrogen) atoms. The Morgan fingerprint density at radius 3 is 1.48 bits per heavy atom. The Hall–Kier alpha value is -0.300. The Bertz CT molecular complexity index is 273. The molecule has 0 aromatic heterocycles. The van der Waals surface area contributed by atoms with Gasteiger partial charge in [0.25, 0.3) is 0 Å². The molecule has 0 aliphatic carbocycles. The van der Waals surface area contributed by atoms with Crippen LogP contribution < -0.4 is 0 Å². The first-order valence-corrected chi connectivity index (χ1v) is 10.5. The predicted octanol–water partition coefficient (Wildman–Crippen LogP) is 7.96. The number of unbranched alkanes of at least 4 members (excludes halogenated alkanes) is 14. The highest BCUT2D eigenvalue weighted by atomic mass is 35.5. The highest BCUT2D eigenvalue weighted by molar-refractivity contribution is 6.63. The maximum absolute atomic E-state index is 10.6. The van der Waals surface area contributed by atoms with Crippen LogP contribution in [0.5, 0.6) is 0 Å². The van der Waals surface area contributed by atoms with Crippen molar-refractivity contribution < 1.29 is 4.79 Å². The first-order valence-electron chi connectivity index (χ1n) is 10.1. The number of hydrogen-bond acceptors (Lipinski definition) is 1. The minimum absolute atomic E-state index is 0.190. The van der Waals surface area contributed by atoms with E-state index in [0.29, 0.717) is 6.42 Å². The van der Waals surface area contributed by atoms with E-state index in [-0.39, 0.29) is 5.24 Å². The summed E-state index contributed by atoms with van der Waals surface area (Å²) in [6, 6.07) is 0. The van der Waals surface area contributed by atoms with Crippen molar-refractivity contribution in [3.63, 3.8) is 0 Å². The smallest absolute Gasteiger partial charge is 0.221 e. The van der Waals surface area contributed by atoms with E-state index in [9.17, 15) is 4.79 Å². The van der Waals surface area contributed by atoms with Gasteiger partial charge in [0.15, 0.2) is 0 Å². The van der Waals surface area contributed by atoms with Crippen molar-refractivity contribution in [2.24, 2.45) is 0 Å². The lowest BCUT2D eigenvalue weighted by Gasteiger charge is -2.00. The van der Waals surface area contributed by atoms with Gasteiger partial charge in [0.1, 0.15) is 0 Å². The van der Waals surface area contributed by atoms with E-state index in [4.69, 9.17) is 11.6 Å². The highest BCUT2D eigenvalue weighted by Gasteiger charge is 1.95. The van der Waals surface area contributed by atoms with E-state index in [2.05, 4.69) is 19.1 Å². The zero-order valence-electron chi connectivity index (χ0n) is 15.5. The lowest BCUT2D eigenvalue weighted by atomic mass is 10.1. The molecule has 0 heterocycles. The van der Waals surface area contributed by atoms with Gasteiger partial charge in [-0.3, -0.25) is 4.79 Å². The Balaban J connectivity index is 3.07. The van der Waals surface area contributed by atoms with Crippen LogP contribution in [0.3, 0.4) is 0 Å². The molecule has 0 atom stereocenters. The molecule has 0 saturated carbocycles. The Morgan fingerprint density at radius 2 is 1.04 bits per heavy atom. The second-order valence-corrected chi connectivity index (χ2v) is 7.17. The van der Waals surface area contributed by atoms with Crippen molar-refractivity contribution in [2.45, 2.75) is 116 Å². The molecule has 0 rings (SSSR count). The van der Waals surface area contributed by atoms with Crippen molar-refractivity contribution >= 4 is 16.8 Å². The van der Waals surface area contributed by atoms with Gasteiger partial charge in [-0.05, 0) is 43.7 Å². The van der Waals surface area contributed by atoms with Crippen molar-refractivity contribution in [3.05, 3.63) is 12.2 Å². The van der Waals surface area contributed by atoms with Crippen molar-refractivity contribution in [3.8, 4) is 0 Å². The van der Waals surface area contributed by atoms with Gasteiger partial charge in [0, 0.05) is 6.42 Å². The topological polar surface area (TPSA) is 17.1 Å². The highest BCUT2D eigenvalue weighted by Crippen LogP contribution is 2.11. The van der Waals surface area contributed by atoms with Crippen LogP contribution in [-0.2, 0) is 4.79 Å². The molecule has 2 heteroatoms. The third-order valence-corrected chi connectivity index (χ3v) is 4.57. The molecule has 0 N–H and O–H groups in total. The summed E-state index contributed by atoms with van der Waals surface area (Å²) in [5.41, 5.74) is 0. The van der Waals surface area contributed by atoms with E-state index in [0.717, 1.165) is 12.8 Å². The Labute approximate surface area is 150 Å². The van der Waals surface area contributed by atoms with Gasteiger partial charge in [-0.2, -0.15) is 0 Å². The summed E-state index contributed by atoms with van der Waals surface area (Å²) in [7, 11) is 0. The van der Waals surface area contributed by atoms with Crippen LogP contribution in [0, 0.1) is 0 Å². The second-order valence-electron chi connectivity index (χ2n) is 6.75. The fraction of sp³-hybridized carbons (Fsp3) is 0.857. The number of halogens is 1. The van der Waals surface area contributed by atoms with Crippen molar-refractivity contribution in [1.29, 1.82) is 0 Å². The van der Waals surface area contributed by atoms with Crippen LogP contribution >= 0.6 is 11.6 Å². The minimum Gasteiger partial charge on any atom is -0.281 e. The fourth-order valence-electron chi connectivity index (χ4n) is 2.87. The van der Waals surface area contributed by atoms with E-state index >= 15 is 0 Å². The van der Waals surface area contributed by atoms with Crippen LogP contribution in [0.15, 0.2) is 12.2 Å². The number of hydrogen-bond donors (Lipinski definition) is 0. The van der Waals surface area contributed by atoms with Gasteiger partial charge >= 0.3 is 0 Å². The van der Waals surface area contributed by atoms with Gasteiger partial charge in [-0.15, -0.1) is 0 Å². The summed E-state index contributed by atoms with van der Waals surface area (Å²) in [4.78, 5) is 10.6. The first kappa shape index (κ1) is 22.7. The van der Waals surface area contributed by atoms with Crippen LogP contribution in [0.2, 0.25) is 0 Å². The summed E-state index contributed by atoms with van der Waals surface area (Å²) in [6.45, 7) is 2.28. The summed E-state index contributed by atoms with van der Waals surface area (Å²) >= 11 is 5.31. The summed E-state index contributed by atoms with van der Waals surface area (Å²) in [5.74, 6) is 0. The zero-order valence-corrected chi connectivity index (χ0v) is 16.2. The molecule has 0 fully saturated rings. The number of allylic oxidation sites excluding steroid dienone is 2. The Morgan fingerprint density at radius 1 is 0.652 bits per heavy atom. The van der Waals surface area contributed by atoms with Gasteiger partial charge in [0.2, 0.25) is 5.24 Å². The third-order valence-electron chi connectivity index (χ3n) is 4.39. The molecule has 0 bridgehead atoms. The molecule has 0 aliphatic heterocycles. The summed E-state index contributed by atoms with van der Waals surface area (Å²) in [6.07, 6.45) is 26.3. The molecule has 0 spiro atoms. The van der Waals surface area contributed by atoms with E-state index in [1.165, 1.54) is 89.9 Å². The molecule has 0 saturated heterocycles. The quantitative estimate of drug-likeness (QED) is 0.140. The number of carbonyl (C=O) groups is 1. The molecular formula is C21H39ClO. The molecule has 136 valence electrons. The van der Waals surface area contributed by atoms with E-state index in [1.54, 1.807) is 0 Å². The first-order chi connectivity index (χ1) is 11.3. The van der Waals surface area contributed by atoms with Crippen molar-refractivity contribution in [2.75, 3.05) is 0 Å². The molecule has 0 amide bonds. The molecular weight excluding hydrogens is 304 g/mol. The maximum Gasteiger partial charge on any atom is 0.221 e. The minimum atomic E-state index is -0.190. The van der Waals surface area contributed by atoms with Gasteiger partial charge < -0.3 is 0 Å². The average Bonchev–Trinajstić information content (AvgIpc) is 2.53. The number of rotatable bonds is 18. The molecule has 0 radical (unpaired) electrons. The summed E-state index contributed by atoms with van der Waals surface area (Å²) in [5, 5.41) is -0.190. The normalized spacial score (nSPS) is 11.4. The predicted molar refractivity (Wildman–Crippen MR) is 104 cm³/mol. The second kappa shape index (κ2) is 19.7. The number of carbonyl (C=O) groups excluding carboxylic acids is 1. The SMILES string of the molecule is CCCCCCCCCCC/C=C/CCCCCCCC(=O)Cl. The van der Waals surface area contributed by atoms with E-state index < -0.39 is 0 Å². The van der Waals surface area contributed by atoms with Crippen molar-refractivity contribution in [1.82, 2.24) is 0 Å². The monoisotopic (exact) mass is 342 g/mol. The van der Waals surface area contributed by atoms with Crippen LogP contribution in [-0.4, -0.2) is 5.24 Å². The standard InChI is InChI=1S/C21H39ClO/c1-2-3-4-5-6-7-8-9-10-11-12-13-14-15-16-17-18-19-20-21(22)23/h12-13H,2-11,14-20H2,1H3/b13-12+. The third kappa shape index (κ3) is 21.7. The largest absolute Gasteiger partial charge is 0.281 e. The Kier molecular flexibility index (Phi) is 19.5. The molecule has 0 unspecified atom stereocenters. The van der Waals surface area contributed by atoms with Crippen LogP contribution in [0.1, 0.15) is 116 Å². The maximum atomic E-state index is 10.6. The van der Waals surface area contributed by atoms with Crippen LogP contribution in [0.4, 0.5) is 0 Å². The van der Waals surface area contributed by atoms with E-state index in [1.807, 2.05) is 0 Å². The van der Waals surface area contributed by atoms with Gasteiger partial charge in [0.05, 0.1) is 0 Å². The molecule has 1 nitrogen and oxygen atoms in total. The molecule has 0 aromatic rings. The van der Waals surface area contributed by atoms with Gasteiger partial charge in [-0.25, -0.2) is 0 Å². The fourth-order valence-corrected chi connectivity index (χ4v) is 3.00. The zero-order chi connectivity index (χ0) is 17.0.